The lowest BCUT2D eigenvalue weighted by molar-refractivity contribution is 0.299. The van der Waals surface area contributed by atoms with E-state index < -0.39 is 16.1 Å². The van der Waals surface area contributed by atoms with Crippen molar-refractivity contribution in [3.05, 3.63) is 157 Å². The second-order valence-corrected chi connectivity index (χ2v) is 29.1. The molecule has 57 heavy (non-hydrogen) atoms. The number of fused-ring (bicyclic) bond motifs is 1. The molecule has 3 aliphatic rings. The van der Waals surface area contributed by atoms with Crippen LogP contribution in [0.5, 0.6) is 0 Å². The van der Waals surface area contributed by atoms with Gasteiger partial charge in [0.05, 0.1) is 0 Å². The SMILES string of the molecule is CC[C@@H]1CCCP1c1sc2ccccc2c1P1[C@H](CC)CC(C2C[C@@H](c3ccccc3)P(N(P)P(c3ccccc3)c3ccccc3)[C@@H]2c2ccccc2)[C@H]1CC. The predicted octanol–water partition coefficient (Wildman–Crippen LogP) is 14.3. The van der Waals surface area contributed by atoms with Crippen LogP contribution in [0.1, 0.15) is 88.2 Å². The van der Waals surface area contributed by atoms with Crippen molar-refractivity contribution in [2.45, 2.75) is 94.0 Å². The molecule has 3 aliphatic heterocycles. The van der Waals surface area contributed by atoms with E-state index >= 15 is 0 Å². The van der Waals surface area contributed by atoms with Gasteiger partial charge in [-0.1, -0.05) is 186 Å². The van der Waals surface area contributed by atoms with Crippen LogP contribution in [0.4, 0.5) is 0 Å². The van der Waals surface area contributed by atoms with E-state index in [2.05, 4.69) is 191 Å². The summed E-state index contributed by atoms with van der Waals surface area (Å²) in [7, 11) is 1.65. The molecule has 0 aliphatic carbocycles. The van der Waals surface area contributed by atoms with E-state index in [1.165, 1.54) is 67.3 Å². The van der Waals surface area contributed by atoms with Gasteiger partial charge in [0.25, 0.3) is 0 Å². The molecule has 6 aromatic rings. The van der Waals surface area contributed by atoms with E-state index in [4.69, 9.17) is 0 Å². The Kier molecular flexibility index (Phi) is 13.1. The number of thiophene rings is 1. The van der Waals surface area contributed by atoms with Crippen molar-refractivity contribution in [1.82, 2.24) is 4.21 Å². The fraction of sp³-hybridized carbons (Fsp3) is 0.360. The van der Waals surface area contributed by atoms with Crippen molar-refractivity contribution in [3.8, 4) is 0 Å². The third kappa shape index (κ3) is 7.84. The van der Waals surface area contributed by atoms with Crippen molar-refractivity contribution >= 4 is 83.3 Å². The first-order chi connectivity index (χ1) is 28.1. The van der Waals surface area contributed by atoms with E-state index in [0.29, 0.717) is 17.2 Å². The molecule has 9 rings (SSSR count). The second kappa shape index (κ2) is 18.4. The van der Waals surface area contributed by atoms with E-state index in [-0.39, 0.29) is 15.8 Å². The molecule has 6 unspecified atom stereocenters. The van der Waals surface area contributed by atoms with Gasteiger partial charge in [0.1, 0.15) is 0 Å². The van der Waals surface area contributed by atoms with Crippen LogP contribution in [-0.2, 0) is 0 Å². The molecule has 0 amide bonds. The maximum absolute atomic E-state index is 3.42. The summed E-state index contributed by atoms with van der Waals surface area (Å²) in [5, 5.41) is 6.40. The molecule has 3 saturated heterocycles. The van der Waals surface area contributed by atoms with Crippen LogP contribution in [0.2, 0.25) is 0 Å². The van der Waals surface area contributed by atoms with Crippen LogP contribution in [0.25, 0.3) is 10.1 Å². The van der Waals surface area contributed by atoms with Crippen molar-refractivity contribution in [3.63, 3.8) is 0 Å². The van der Waals surface area contributed by atoms with Crippen LogP contribution in [0, 0.1) is 11.8 Å². The lowest BCUT2D eigenvalue weighted by atomic mass is 9.78. The van der Waals surface area contributed by atoms with Crippen molar-refractivity contribution in [1.29, 1.82) is 0 Å². The highest BCUT2D eigenvalue weighted by molar-refractivity contribution is 7.84. The first-order valence-electron chi connectivity index (χ1n) is 21.5. The Hall–Kier alpha value is -1.83. The van der Waals surface area contributed by atoms with Gasteiger partial charge in [-0.2, -0.15) is 0 Å². The molecule has 0 N–H and O–H groups in total. The summed E-state index contributed by atoms with van der Waals surface area (Å²) in [5.41, 5.74) is 6.55. The zero-order chi connectivity index (χ0) is 38.9. The highest BCUT2D eigenvalue weighted by atomic mass is 32.1. The Balaban J connectivity index is 1.19. The molecule has 4 heterocycles. The van der Waals surface area contributed by atoms with Gasteiger partial charge in [-0.05, 0) is 116 Å². The monoisotopic (exact) mass is 859 g/mol. The lowest BCUT2D eigenvalue weighted by Gasteiger charge is -2.41. The Morgan fingerprint density at radius 3 is 1.84 bits per heavy atom. The summed E-state index contributed by atoms with van der Waals surface area (Å²) >= 11 is 2.22. The van der Waals surface area contributed by atoms with Gasteiger partial charge >= 0.3 is 0 Å². The maximum atomic E-state index is 3.42. The first-order valence-corrected chi connectivity index (χ1v) is 28.6. The smallest absolute Gasteiger partial charge is 0.0370 e. The molecular formula is C50H58NP5S. The molecule has 294 valence electrons. The van der Waals surface area contributed by atoms with Gasteiger partial charge < -0.3 is 0 Å². The van der Waals surface area contributed by atoms with Crippen molar-refractivity contribution < 1.29 is 0 Å². The topological polar surface area (TPSA) is 3.24 Å². The van der Waals surface area contributed by atoms with E-state index in [1.807, 2.05) is 9.92 Å². The summed E-state index contributed by atoms with van der Waals surface area (Å²) < 4.78 is 6.31. The van der Waals surface area contributed by atoms with E-state index in [9.17, 15) is 0 Å². The standard InChI is InChI=1S/C50H58NP5S/c1-4-38-30-21-33-53(38)50-49(42-31-19-20-32-47(42)57-50)54-39(5-2)34-43(45(54)6-3)44-35-46(36-22-11-7-12-23-36)56(48(44)37-24-13-8-14-25-37)51(52)55(40-26-15-9-16-27-40)41-28-17-10-18-29-41/h7-20,22-29,31-32,38-39,43-46,48H,4-6,21,30,33-35,52H2,1-3H3/t38-,39-,43?,44?,45-,46+,48-,53?,54?,56?/m1/s1. The van der Waals surface area contributed by atoms with Gasteiger partial charge in [0.2, 0.25) is 0 Å². The Morgan fingerprint density at radius 2 is 1.23 bits per heavy atom. The quantitative estimate of drug-likeness (QED) is 0.111. The molecule has 1 nitrogen and oxygen atoms in total. The zero-order valence-corrected chi connectivity index (χ0v) is 39.3. The van der Waals surface area contributed by atoms with Crippen LogP contribution >= 0.6 is 52.7 Å². The van der Waals surface area contributed by atoms with Crippen LogP contribution < -0.4 is 20.5 Å². The van der Waals surface area contributed by atoms with Crippen LogP contribution in [0.15, 0.2) is 146 Å². The number of nitrogens with zero attached hydrogens (tertiary/aromatic N) is 1. The number of hydrogen-bond donors (Lipinski definition) is 0. The van der Waals surface area contributed by atoms with Crippen molar-refractivity contribution in [2.24, 2.45) is 11.8 Å². The fourth-order valence-electron chi connectivity index (χ4n) is 10.9. The first kappa shape index (κ1) is 40.6. The predicted molar refractivity (Wildman–Crippen MR) is 263 cm³/mol. The Bertz CT molecular complexity index is 2160. The van der Waals surface area contributed by atoms with E-state index in [0.717, 1.165) is 22.9 Å². The van der Waals surface area contributed by atoms with Crippen LogP contribution in [0.3, 0.4) is 0 Å². The van der Waals surface area contributed by atoms with Gasteiger partial charge in [0.15, 0.2) is 0 Å². The average Bonchev–Trinajstić information content (AvgIpc) is 4.07. The summed E-state index contributed by atoms with van der Waals surface area (Å²) in [6, 6.07) is 56.1. The minimum atomic E-state index is -0.757. The van der Waals surface area contributed by atoms with E-state index in [1.54, 1.807) is 15.6 Å². The number of benzene rings is 5. The van der Waals surface area contributed by atoms with Crippen LogP contribution in [-0.4, -0.2) is 27.4 Å². The van der Waals surface area contributed by atoms with Gasteiger partial charge in [0, 0.05) is 39.4 Å². The van der Waals surface area contributed by atoms with Crippen molar-refractivity contribution in [2.75, 3.05) is 6.16 Å². The maximum Gasteiger partial charge on any atom is 0.0370 e. The molecule has 0 radical (unpaired) electrons. The summed E-state index contributed by atoms with van der Waals surface area (Å²) in [5.74, 6) is 1.36. The second-order valence-electron chi connectivity index (χ2n) is 16.4. The molecule has 5 aromatic carbocycles. The summed E-state index contributed by atoms with van der Waals surface area (Å²) in [4.78, 5) is 0. The molecule has 7 heteroatoms. The number of hydrogen-bond acceptors (Lipinski definition) is 2. The van der Waals surface area contributed by atoms with Gasteiger partial charge in [-0.25, -0.2) is 4.21 Å². The average molecular weight is 860 g/mol. The van der Waals surface area contributed by atoms with Gasteiger partial charge in [-0.3, -0.25) is 0 Å². The molecule has 1 aromatic heterocycles. The van der Waals surface area contributed by atoms with Gasteiger partial charge in [-0.15, -0.1) is 11.3 Å². The highest BCUT2D eigenvalue weighted by Crippen LogP contribution is 2.81. The molecule has 11 atom stereocenters. The zero-order valence-electron chi connectivity index (χ0n) is 33.8. The summed E-state index contributed by atoms with van der Waals surface area (Å²) in [6.07, 6.45) is 10.9. The fourth-order valence-corrected chi connectivity index (χ4v) is 29.8. The third-order valence-electron chi connectivity index (χ3n) is 13.4. The summed E-state index contributed by atoms with van der Waals surface area (Å²) in [6.45, 7) is 7.59. The molecule has 0 saturated carbocycles. The Labute approximate surface area is 354 Å². The highest BCUT2D eigenvalue weighted by Gasteiger charge is 2.56. The minimum absolute atomic E-state index is 0.0795. The lowest BCUT2D eigenvalue weighted by Crippen LogP contribution is -2.29. The largest absolute Gasteiger partial charge is 0.235 e. The Morgan fingerprint density at radius 1 is 0.649 bits per heavy atom. The molecule has 0 spiro atoms. The molecule has 0 bridgehead atoms. The third-order valence-corrected chi connectivity index (χ3v) is 30.1. The number of rotatable bonds is 12. The normalized spacial score (nSPS) is 28.9. The minimum Gasteiger partial charge on any atom is -0.235 e. The molecular weight excluding hydrogens is 801 g/mol. The molecule has 3 fully saturated rings.